The molecule has 1 aromatic rings. The average molecular weight is 306 g/mol. The van der Waals surface area contributed by atoms with Crippen LogP contribution in [0.1, 0.15) is 0 Å². The minimum Gasteiger partial charge on any atom is -0.495 e. The van der Waals surface area contributed by atoms with Crippen LogP contribution >= 0.6 is 0 Å². The molecule has 1 saturated heterocycles. The number of piperazine rings is 1. The van der Waals surface area contributed by atoms with Crippen molar-refractivity contribution < 1.29 is 14.3 Å². The van der Waals surface area contributed by atoms with Crippen LogP contribution in [0.4, 0.5) is 16.2 Å². The van der Waals surface area contributed by atoms with E-state index in [2.05, 4.69) is 10.2 Å². The summed E-state index contributed by atoms with van der Waals surface area (Å²) < 4.78 is 5.30. The molecule has 1 aliphatic rings. The van der Waals surface area contributed by atoms with Crippen LogP contribution in [0.5, 0.6) is 5.75 Å². The fourth-order valence-electron chi connectivity index (χ4n) is 2.30. The van der Waals surface area contributed by atoms with Gasteiger partial charge in [0, 0.05) is 46.0 Å². The highest BCUT2D eigenvalue weighted by atomic mass is 16.5. The van der Waals surface area contributed by atoms with E-state index in [4.69, 9.17) is 4.74 Å². The van der Waals surface area contributed by atoms with Gasteiger partial charge in [-0.2, -0.15) is 0 Å². The van der Waals surface area contributed by atoms with E-state index in [0.29, 0.717) is 24.5 Å². The Labute approximate surface area is 130 Å². The number of rotatable bonds is 4. The van der Waals surface area contributed by atoms with E-state index in [-0.39, 0.29) is 6.03 Å². The third kappa shape index (κ3) is 3.60. The van der Waals surface area contributed by atoms with E-state index in [1.54, 1.807) is 26.1 Å². The Bertz CT molecular complexity index is 540. The molecule has 0 atom stereocenters. The molecule has 0 saturated carbocycles. The first-order chi connectivity index (χ1) is 10.5. The van der Waals surface area contributed by atoms with Gasteiger partial charge in [-0.3, -0.25) is 4.79 Å². The number of ether oxygens (including phenoxy) is 1. The molecule has 0 bridgehead atoms. The van der Waals surface area contributed by atoms with E-state index in [1.807, 2.05) is 18.2 Å². The van der Waals surface area contributed by atoms with Crippen molar-refractivity contribution >= 4 is 23.8 Å². The maximum atomic E-state index is 11.8. The van der Waals surface area contributed by atoms with Gasteiger partial charge < -0.3 is 24.8 Å². The molecule has 0 radical (unpaired) electrons. The fraction of sp³-hybridized carbons (Fsp3) is 0.467. The third-order valence-corrected chi connectivity index (χ3v) is 3.66. The summed E-state index contributed by atoms with van der Waals surface area (Å²) in [6.07, 6.45) is 0.883. The number of benzene rings is 1. The molecule has 1 aliphatic heterocycles. The molecule has 120 valence electrons. The summed E-state index contributed by atoms with van der Waals surface area (Å²) in [5.74, 6) is 0.616. The van der Waals surface area contributed by atoms with Gasteiger partial charge in [-0.1, -0.05) is 0 Å². The van der Waals surface area contributed by atoms with E-state index in [9.17, 15) is 9.59 Å². The maximum absolute atomic E-state index is 11.8. The smallest absolute Gasteiger partial charge is 0.321 e. The van der Waals surface area contributed by atoms with Crippen LogP contribution < -0.4 is 15.0 Å². The standard InChI is InChI=1S/C15H22N4O3/c1-17(2)15(21)16-13-10-12(4-5-14(13)22-3)19-8-6-18(11-20)7-9-19/h4-5,10-11H,6-9H2,1-3H3,(H,16,21). The minimum absolute atomic E-state index is 0.207. The van der Waals surface area contributed by atoms with Gasteiger partial charge in [-0.05, 0) is 18.2 Å². The van der Waals surface area contributed by atoms with Crippen LogP contribution in [-0.4, -0.2) is 69.6 Å². The Balaban J connectivity index is 2.16. The number of urea groups is 1. The molecule has 7 heteroatoms. The molecule has 0 aromatic heterocycles. The highest BCUT2D eigenvalue weighted by Crippen LogP contribution is 2.30. The summed E-state index contributed by atoms with van der Waals surface area (Å²) in [4.78, 5) is 28.0. The summed E-state index contributed by atoms with van der Waals surface area (Å²) in [5.41, 5.74) is 1.64. The van der Waals surface area contributed by atoms with Crippen molar-refractivity contribution in [3.8, 4) is 5.75 Å². The van der Waals surface area contributed by atoms with Crippen molar-refractivity contribution in [2.24, 2.45) is 0 Å². The predicted octanol–water partition coefficient (Wildman–Crippen LogP) is 1.07. The molecule has 0 unspecified atom stereocenters. The topological polar surface area (TPSA) is 65.1 Å². The van der Waals surface area contributed by atoms with Crippen molar-refractivity contribution in [3.63, 3.8) is 0 Å². The first-order valence-corrected chi connectivity index (χ1v) is 7.15. The second kappa shape index (κ2) is 7.02. The summed E-state index contributed by atoms with van der Waals surface area (Å²) in [5, 5.41) is 2.83. The first kappa shape index (κ1) is 15.9. The lowest BCUT2D eigenvalue weighted by Gasteiger charge is -2.34. The lowest BCUT2D eigenvalue weighted by molar-refractivity contribution is -0.118. The molecular formula is C15H22N4O3. The number of carbonyl (C=O) groups excluding carboxylic acids is 2. The number of carbonyl (C=O) groups is 2. The van der Waals surface area contributed by atoms with Crippen LogP contribution in [0.2, 0.25) is 0 Å². The van der Waals surface area contributed by atoms with Gasteiger partial charge in [0.25, 0.3) is 0 Å². The third-order valence-electron chi connectivity index (χ3n) is 3.66. The van der Waals surface area contributed by atoms with Crippen LogP contribution in [0.3, 0.4) is 0 Å². The molecule has 1 N–H and O–H groups in total. The van der Waals surface area contributed by atoms with Crippen LogP contribution in [0.15, 0.2) is 18.2 Å². The average Bonchev–Trinajstić information content (AvgIpc) is 2.54. The van der Waals surface area contributed by atoms with Crippen LogP contribution in [0.25, 0.3) is 0 Å². The SMILES string of the molecule is COc1ccc(N2CCN(C=O)CC2)cc1NC(=O)N(C)C. The number of nitrogens with one attached hydrogen (secondary N) is 1. The molecule has 22 heavy (non-hydrogen) atoms. The lowest BCUT2D eigenvalue weighted by atomic mass is 10.2. The van der Waals surface area contributed by atoms with Crippen molar-refractivity contribution in [1.29, 1.82) is 0 Å². The van der Waals surface area contributed by atoms with Crippen molar-refractivity contribution in [3.05, 3.63) is 18.2 Å². The molecule has 0 spiro atoms. The largest absolute Gasteiger partial charge is 0.495 e. The van der Waals surface area contributed by atoms with E-state index in [0.717, 1.165) is 25.2 Å². The summed E-state index contributed by atoms with van der Waals surface area (Å²) >= 11 is 0. The van der Waals surface area contributed by atoms with Crippen molar-refractivity contribution in [2.75, 3.05) is 57.6 Å². The Morgan fingerprint density at radius 3 is 2.50 bits per heavy atom. The van der Waals surface area contributed by atoms with Gasteiger partial charge in [0.05, 0.1) is 12.8 Å². The molecule has 0 aliphatic carbocycles. The fourth-order valence-corrected chi connectivity index (χ4v) is 2.30. The normalized spacial score (nSPS) is 14.5. The molecule has 1 fully saturated rings. The Kier molecular flexibility index (Phi) is 5.08. The van der Waals surface area contributed by atoms with E-state index >= 15 is 0 Å². The van der Waals surface area contributed by atoms with Gasteiger partial charge in [0.2, 0.25) is 6.41 Å². The molecular weight excluding hydrogens is 284 g/mol. The number of amides is 3. The monoisotopic (exact) mass is 306 g/mol. The molecule has 1 aromatic carbocycles. The first-order valence-electron chi connectivity index (χ1n) is 7.15. The van der Waals surface area contributed by atoms with E-state index in [1.165, 1.54) is 4.90 Å². The molecule has 7 nitrogen and oxygen atoms in total. The molecule has 3 amide bonds. The predicted molar refractivity (Wildman–Crippen MR) is 85.5 cm³/mol. The van der Waals surface area contributed by atoms with Gasteiger partial charge in [0.15, 0.2) is 0 Å². The summed E-state index contributed by atoms with van der Waals surface area (Å²) in [6, 6.07) is 5.49. The molecule has 1 heterocycles. The summed E-state index contributed by atoms with van der Waals surface area (Å²) in [6.45, 7) is 2.95. The second-order valence-electron chi connectivity index (χ2n) is 5.34. The van der Waals surface area contributed by atoms with Gasteiger partial charge in [0.1, 0.15) is 5.75 Å². The van der Waals surface area contributed by atoms with Crippen LogP contribution in [-0.2, 0) is 4.79 Å². The summed E-state index contributed by atoms with van der Waals surface area (Å²) in [7, 11) is 4.94. The Hall–Kier alpha value is -2.44. The number of hydrogen-bond acceptors (Lipinski definition) is 4. The zero-order valence-corrected chi connectivity index (χ0v) is 13.2. The highest BCUT2D eigenvalue weighted by molar-refractivity contribution is 5.91. The maximum Gasteiger partial charge on any atom is 0.321 e. The van der Waals surface area contributed by atoms with Crippen molar-refractivity contribution in [2.45, 2.75) is 0 Å². The highest BCUT2D eigenvalue weighted by Gasteiger charge is 2.17. The Morgan fingerprint density at radius 1 is 1.27 bits per heavy atom. The zero-order chi connectivity index (χ0) is 16.1. The zero-order valence-electron chi connectivity index (χ0n) is 13.2. The van der Waals surface area contributed by atoms with Gasteiger partial charge in [-0.25, -0.2) is 4.79 Å². The number of anilines is 2. The number of methoxy groups -OCH3 is 1. The number of hydrogen-bond donors (Lipinski definition) is 1. The van der Waals surface area contributed by atoms with Gasteiger partial charge >= 0.3 is 6.03 Å². The van der Waals surface area contributed by atoms with Crippen LogP contribution in [0, 0.1) is 0 Å². The lowest BCUT2D eigenvalue weighted by Crippen LogP contribution is -2.45. The van der Waals surface area contributed by atoms with E-state index < -0.39 is 0 Å². The minimum atomic E-state index is -0.207. The second-order valence-corrected chi connectivity index (χ2v) is 5.34. The quantitative estimate of drug-likeness (QED) is 0.845. The number of nitrogens with zero attached hydrogens (tertiary/aromatic N) is 3. The van der Waals surface area contributed by atoms with Crippen molar-refractivity contribution in [1.82, 2.24) is 9.80 Å². The Morgan fingerprint density at radius 2 is 1.95 bits per heavy atom. The van der Waals surface area contributed by atoms with Gasteiger partial charge in [-0.15, -0.1) is 0 Å². The molecule has 2 rings (SSSR count).